The number of halogens is 1. The molecule has 1 unspecified atom stereocenters. The van der Waals surface area contributed by atoms with Gasteiger partial charge in [-0.15, -0.1) is 0 Å². The molecule has 1 atom stereocenters. The molecular formula is C28H19FN2O5. The maximum Gasteiger partial charge on any atom is 0.296 e. The van der Waals surface area contributed by atoms with Crippen molar-refractivity contribution in [2.24, 2.45) is 0 Å². The van der Waals surface area contributed by atoms with Crippen molar-refractivity contribution in [3.8, 4) is 5.75 Å². The molecule has 0 radical (unpaired) electrons. The Morgan fingerprint density at radius 2 is 1.78 bits per heavy atom. The highest BCUT2D eigenvalue weighted by molar-refractivity contribution is 6.10. The van der Waals surface area contributed by atoms with Crippen LogP contribution in [0.2, 0.25) is 0 Å². The fourth-order valence-electron chi connectivity index (χ4n) is 4.45. The number of aryl methyl sites for hydroxylation is 1. The number of hydrogen-bond acceptors (Lipinski definition) is 6. The molecule has 2 aromatic heterocycles. The Hall–Kier alpha value is -4.72. The van der Waals surface area contributed by atoms with E-state index in [9.17, 15) is 14.0 Å². The molecule has 3 heterocycles. The van der Waals surface area contributed by atoms with Crippen LogP contribution < -0.4 is 15.1 Å². The van der Waals surface area contributed by atoms with E-state index in [1.165, 1.54) is 17.0 Å². The average molecular weight is 482 g/mol. The zero-order valence-electron chi connectivity index (χ0n) is 19.1. The van der Waals surface area contributed by atoms with E-state index in [0.29, 0.717) is 23.7 Å². The van der Waals surface area contributed by atoms with Crippen LogP contribution in [0.5, 0.6) is 5.75 Å². The van der Waals surface area contributed by atoms with Crippen LogP contribution in [0.1, 0.15) is 39.0 Å². The summed E-state index contributed by atoms with van der Waals surface area (Å²) in [7, 11) is 0. The summed E-state index contributed by atoms with van der Waals surface area (Å²) in [5, 5.41) is 4.07. The third kappa shape index (κ3) is 3.63. The van der Waals surface area contributed by atoms with Gasteiger partial charge in [0.2, 0.25) is 5.76 Å². The van der Waals surface area contributed by atoms with E-state index < -0.39 is 23.2 Å². The number of ether oxygens (including phenoxy) is 1. The van der Waals surface area contributed by atoms with Crippen LogP contribution in [0.15, 0.2) is 92.6 Å². The highest BCUT2D eigenvalue weighted by atomic mass is 19.1. The molecule has 1 aliphatic rings. The molecule has 0 saturated carbocycles. The number of aromatic nitrogens is 1. The summed E-state index contributed by atoms with van der Waals surface area (Å²) in [5.41, 5.74) is 1.45. The second-order valence-corrected chi connectivity index (χ2v) is 8.53. The fraction of sp³-hybridized carbons (Fsp3) is 0.107. The minimum Gasteiger partial charge on any atom is -0.489 e. The second-order valence-electron chi connectivity index (χ2n) is 8.53. The van der Waals surface area contributed by atoms with Crippen molar-refractivity contribution >= 4 is 22.7 Å². The molecular weight excluding hydrogens is 463 g/mol. The normalized spacial score (nSPS) is 14.9. The maximum absolute atomic E-state index is 14.0. The average Bonchev–Trinajstić information content (AvgIpc) is 3.45. The Kier molecular flexibility index (Phi) is 5.14. The Morgan fingerprint density at radius 1 is 1.00 bits per heavy atom. The van der Waals surface area contributed by atoms with Gasteiger partial charge in [-0.3, -0.25) is 14.5 Å². The van der Waals surface area contributed by atoms with Crippen molar-refractivity contribution in [1.82, 2.24) is 5.16 Å². The summed E-state index contributed by atoms with van der Waals surface area (Å²) in [5.74, 6) is 0.171. The van der Waals surface area contributed by atoms with E-state index in [0.717, 1.165) is 11.6 Å². The smallest absolute Gasteiger partial charge is 0.296 e. The lowest BCUT2D eigenvalue weighted by atomic mass is 9.98. The first-order chi connectivity index (χ1) is 17.5. The van der Waals surface area contributed by atoms with Crippen LogP contribution >= 0.6 is 0 Å². The Balaban J connectivity index is 1.44. The van der Waals surface area contributed by atoms with Crippen molar-refractivity contribution in [1.29, 1.82) is 0 Å². The van der Waals surface area contributed by atoms with Gasteiger partial charge < -0.3 is 13.7 Å². The zero-order valence-corrected chi connectivity index (χ0v) is 19.1. The number of carbonyl (C=O) groups is 1. The first-order valence-electron chi connectivity index (χ1n) is 11.3. The molecule has 0 spiro atoms. The molecule has 0 saturated heterocycles. The van der Waals surface area contributed by atoms with Crippen LogP contribution in [0.4, 0.5) is 10.2 Å². The molecule has 3 aromatic carbocycles. The van der Waals surface area contributed by atoms with E-state index in [1.54, 1.807) is 37.3 Å². The number of rotatable bonds is 5. The molecule has 0 aliphatic carbocycles. The van der Waals surface area contributed by atoms with Gasteiger partial charge in [-0.1, -0.05) is 47.6 Å². The Morgan fingerprint density at radius 3 is 2.50 bits per heavy atom. The molecule has 1 amide bonds. The lowest BCUT2D eigenvalue weighted by Gasteiger charge is -2.22. The van der Waals surface area contributed by atoms with E-state index in [1.807, 2.05) is 30.3 Å². The molecule has 0 bridgehead atoms. The molecule has 1 aliphatic heterocycles. The van der Waals surface area contributed by atoms with E-state index in [4.69, 9.17) is 13.7 Å². The van der Waals surface area contributed by atoms with Crippen LogP contribution in [0, 0.1) is 12.7 Å². The van der Waals surface area contributed by atoms with Gasteiger partial charge in [-0.05, 0) is 48.4 Å². The third-order valence-electron chi connectivity index (χ3n) is 6.14. The third-order valence-corrected chi connectivity index (χ3v) is 6.14. The minimum absolute atomic E-state index is 0.0625. The van der Waals surface area contributed by atoms with Crippen molar-refractivity contribution in [3.05, 3.63) is 123 Å². The maximum atomic E-state index is 14.0. The first kappa shape index (κ1) is 21.8. The zero-order chi connectivity index (χ0) is 24.8. The van der Waals surface area contributed by atoms with Gasteiger partial charge in [0.1, 0.15) is 29.5 Å². The SMILES string of the molecule is Cc1cc(N2C(=O)c3oc4ccc(F)cc4c(=O)c3C2c2ccc(OCc3ccccc3)cc2)no1. The summed E-state index contributed by atoms with van der Waals surface area (Å²) in [6, 6.07) is 21.3. The lowest BCUT2D eigenvalue weighted by molar-refractivity contribution is 0.0969. The van der Waals surface area contributed by atoms with Crippen molar-refractivity contribution in [2.75, 3.05) is 4.90 Å². The quantitative estimate of drug-likeness (QED) is 0.326. The standard InChI is InChI=1S/C28H19FN2O5/c1-16-13-23(30-36-16)31-25(18-7-10-20(11-8-18)34-15-17-5-3-2-4-6-17)24-26(32)21-14-19(29)9-12-22(21)35-27(24)28(31)33/h2-14,25H,15H2,1H3. The monoisotopic (exact) mass is 482 g/mol. The molecule has 5 aromatic rings. The van der Waals surface area contributed by atoms with Gasteiger partial charge >= 0.3 is 0 Å². The molecule has 7 nitrogen and oxygen atoms in total. The molecule has 0 fully saturated rings. The number of amides is 1. The second kappa shape index (κ2) is 8.49. The molecule has 6 rings (SSSR count). The van der Waals surface area contributed by atoms with Crippen LogP contribution in [0.3, 0.4) is 0 Å². The number of fused-ring (bicyclic) bond motifs is 2. The Bertz CT molecular complexity index is 1660. The van der Waals surface area contributed by atoms with Crippen LogP contribution in [-0.2, 0) is 6.61 Å². The highest BCUT2D eigenvalue weighted by Crippen LogP contribution is 2.41. The van der Waals surface area contributed by atoms with Crippen LogP contribution in [-0.4, -0.2) is 11.1 Å². The number of anilines is 1. The Labute approximate surface area is 204 Å². The predicted octanol–water partition coefficient (Wildman–Crippen LogP) is 5.56. The summed E-state index contributed by atoms with van der Waals surface area (Å²) in [6.45, 7) is 2.11. The number of nitrogens with zero attached hydrogens (tertiary/aromatic N) is 2. The number of hydrogen-bond donors (Lipinski definition) is 0. The van der Waals surface area contributed by atoms with Gasteiger partial charge in [0.05, 0.1) is 17.0 Å². The van der Waals surface area contributed by atoms with Crippen molar-refractivity contribution in [3.63, 3.8) is 0 Å². The van der Waals surface area contributed by atoms with E-state index in [-0.39, 0.29) is 28.1 Å². The highest BCUT2D eigenvalue weighted by Gasteiger charge is 2.44. The molecule has 178 valence electrons. The topological polar surface area (TPSA) is 85.8 Å². The van der Waals surface area contributed by atoms with Crippen molar-refractivity contribution in [2.45, 2.75) is 19.6 Å². The minimum atomic E-state index is -0.843. The molecule has 8 heteroatoms. The summed E-state index contributed by atoms with van der Waals surface area (Å²) in [4.78, 5) is 28.4. The fourth-order valence-corrected chi connectivity index (χ4v) is 4.45. The summed E-state index contributed by atoms with van der Waals surface area (Å²) < 4.78 is 30.9. The predicted molar refractivity (Wildman–Crippen MR) is 130 cm³/mol. The van der Waals surface area contributed by atoms with Gasteiger partial charge in [0.25, 0.3) is 5.91 Å². The molecule has 0 N–H and O–H groups in total. The van der Waals surface area contributed by atoms with E-state index in [2.05, 4.69) is 5.16 Å². The van der Waals surface area contributed by atoms with Gasteiger partial charge in [-0.2, -0.15) is 0 Å². The number of carbonyl (C=O) groups excluding carboxylic acids is 1. The van der Waals surface area contributed by atoms with Gasteiger partial charge in [0, 0.05) is 6.07 Å². The summed E-state index contributed by atoms with van der Waals surface area (Å²) >= 11 is 0. The van der Waals surface area contributed by atoms with Crippen molar-refractivity contribution < 1.29 is 22.9 Å². The van der Waals surface area contributed by atoms with Gasteiger partial charge in [0.15, 0.2) is 11.2 Å². The number of benzene rings is 3. The lowest BCUT2D eigenvalue weighted by Crippen LogP contribution is -2.29. The largest absolute Gasteiger partial charge is 0.489 e. The van der Waals surface area contributed by atoms with Gasteiger partial charge in [-0.25, -0.2) is 4.39 Å². The first-order valence-corrected chi connectivity index (χ1v) is 11.3. The summed E-state index contributed by atoms with van der Waals surface area (Å²) in [6.07, 6.45) is 0. The van der Waals surface area contributed by atoms with E-state index >= 15 is 0 Å². The van der Waals surface area contributed by atoms with Crippen LogP contribution in [0.25, 0.3) is 11.0 Å². The molecule has 36 heavy (non-hydrogen) atoms.